The molecule has 11 nitrogen and oxygen atoms in total. The van der Waals surface area contributed by atoms with Gasteiger partial charge in [-0.2, -0.15) is 0 Å². The molecule has 0 bridgehead atoms. The summed E-state index contributed by atoms with van der Waals surface area (Å²) in [6.07, 6.45) is -8.24. The maximum absolute atomic E-state index is 12.2. The number of methoxy groups -OCH3 is 1. The quantitative estimate of drug-likeness (QED) is 0.245. The number of nitrogens with zero attached hydrogens (tertiary/aromatic N) is 3. The average Bonchev–Trinajstić information content (AvgIpc) is 2.62. The van der Waals surface area contributed by atoms with E-state index in [4.69, 9.17) is 10.3 Å². The van der Waals surface area contributed by atoms with E-state index in [9.17, 15) is 24.9 Å². The highest BCUT2D eigenvalue weighted by Gasteiger charge is 2.46. The Bertz CT molecular complexity index is 689. The molecule has 1 aliphatic heterocycles. The van der Waals surface area contributed by atoms with Crippen LogP contribution in [0.15, 0.2) is 29.4 Å². The van der Waals surface area contributed by atoms with Crippen molar-refractivity contribution in [3.63, 3.8) is 0 Å². The lowest BCUT2D eigenvalue weighted by atomic mass is 9.97. The zero-order valence-electron chi connectivity index (χ0n) is 13.0. The van der Waals surface area contributed by atoms with E-state index in [1.807, 2.05) is 0 Å². The molecule has 4 N–H and O–H groups in total. The molecule has 0 saturated carbocycles. The second-order valence-electron chi connectivity index (χ2n) is 5.18. The van der Waals surface area contributed by atoms with Crippen LogP contribution in [0.1, 0.15) is 10.4 Å². The number of amides is 1. The Hall–Kier alpha value is -2.69. The van der Waals surface area contributed by atoms with Crippen LogP contribution in [-0.4, -0.2) is 64.9 Å². The Balaban J connectivity index is 2.11. The summed E-state index contributed by atoms with van der Waals surface area (Å²) in [6, 6.07) is 5.69. The fourth-order valence-corrected chi connectivity index (χ4v) is 2.25. The van der Waals surface area contributed by atoms with E-state index >= 15 is 0 Å². The fraction of sp³-hybridized carbons (Fsp3) is 0.429. The van der Waals surface area contributed by atoms with Crippen LogP contribution >= 0.6 is 0 Å². The first kappa shape index (κ1) is 18.6. The maximum Gasteiger partial charge on any atom is 0.337 e. The Labute approximate surface area is 141 Å². The molecule has 1 aromatic rings. The third-order valence-electron chi connectivity index (χ3n) is 3.59. The van der Waals surface area contributed by atoms with Crippen LogP contribution in [0.3, 0.4) is 0 Å². The van der Waals surface area contributed by atoms with Crippen LogP contribution in [0.5, 0.6) is 0 Å². The Morgan fingerprint density at radius 3 is 2.40 bits per heavy atom. The van der Waals surface area contributed by atoms with Crippen molar-refractivity contribution < 1.29 is 34.4 Å². The van der Waals surface area contributed by atoms with E-state index in [-0.39, 0.29) is 11.3 Å². The van der Waals surface area contributed by atoms with Crippen LogP contribution < -0.4 is 5.32 Å². The first-order valence-corrected chi connectivity index (χ1v) is 7.12. The first-order chi connectivity index (χ1) is 11.9. The SMILES string of the molecule is COC(=O)c1ccc(NC(=O)[C@H]2O[C@@H](N=[N+]=[N-])[C@H](O)[C@@H](O)[C@@H]2O)cc1. The van der Waals surface area contributed by atoms with Crippen molar-refractivity contribution in [1.29, 1.82) is 0 Å². The number of ether oxygens (including phenoxy) is 2. The molecule has 1 fully saturated rings. The zero-order chi connectivity index (χ0) is 18.6. The predicted octanol–water partition coefficient (Wildman–Crippen LogP) is -0.470. The summed E-state index contributed by atoms with van der Waals surface area (Å²) in [5, 5.41) is 34.9. The molecule has 2 rings (SSSR count). The molecule has 1 amide bonds. The molecular weight excluding hydrogens is 336 g/mol. The highest BCUT2D eigenvalue weighted by atomic mass is 16.6. The highest BCUT2D eigenvalue weighted by Crippen LogP contribution is 2.23. The molecule has 25 heavy (non-hydrogen) atoms. The summed E-state index contributed by atoms with van der Waals surface area (Å²) < 4.78 is 9.62. The van der Waals surface area contributed by atoms with Gasteiger partial charge in [0.05, 0.1) is 12.7 Å². The molecule has 134 valence electrons. The monoisotopic (exact) mass is 352 g/mol. The van der Waals surface area contributed by atoms with Gasteiger partial charge >= 0.3 is 5.97 Å². The molecule has 0 unspecified atom stereocenters. The Morgan fingerprint density at radius 2 is 1.84 bits per heavy atom. The number of azide groups is 1. The number of anilines is 1. The van der Waals surface area contributed by atoms with Gasteiger partial charge in [-0.1, -0.05) is 5.11 Å². The van der Waals surface area contributed by atoms with E-state index in [0.29, 0.717) is 0 Å². The molecule has 1 saturated heterocycles. The van der Waals surface area contributed by atoms with Gasteiger partial charge in [0, 0.05) is 10.6 Å². The van der Waals surface area contributed by atoms with Crippen molar-refractivity contribution in [2.75, 3.05) is 12.4 Å². The largest absolute Gasteiger partial charge is 0.465 e. The van der Waals surface area contributed by atoms with Gasteiger partial charge in [0.2, 0.25) is 0 Å². The number of carbonyl (C=O) groups excluding carboxylic acids is 2. The number of hydrogen-bond donors (Lipinski definition) is 4. The van der Waals surface area contributed by atoms with Crippen LogP contribution in [0, 0.1) is 0 Å². The van der Waals surface area contributed by atoms with Gasteiger partial charge in [-0.05, 0) is 29.8 Å². The molecule has 1 aliphatic rings. The summed E-state index contributed by atoms with van der Waals surface area (Å²) in [6.45, 7) is 0. The molecule has 0 aliphatic carbocycles. The molecule has 1 aromatic carbocycles. The molecule has 0 aromatic heterocycles. The first-order valence-electron chi connectivity index (χ1n) is 7.12. The van der Waals surface area contributed by atoms with Crippen molar-refractivity contribution in [2.45, 2.75) is 30.6 Å². The minimum Gasteiger partial charge on any atom is -0.465 e. The number of esters is 1. The Morgan fingerprint density at radius 1 is 1.20 bits per heavy atom. The van der Waals surface area contributed by atoms with Gasteiger partial charge in [0.25, 0.3) is 5.91 Å². The number of benzene rings is 1. The maximum atomic E-state index is 12.2. The van der Waals surface area contributed by atoms with Crippen molar-refractivity contribution in [3.05, 3.63) is 40.3 Å². The minimum absolute atomic E-state index is 0.274. The number of aliphatic hydroxyl groups excluding tert-OH is 3. The fourth-order valence-electron chi connectivity index (χ4n) is 2.25. The predicted molar refractivity (Wildman–Crippen MR) is 82.2 cm³/mol. The minimum atomic E-state index is -1.73. The van der Waals surface area contributed by atoms with Crippen LogP contribution in [0.4, 0.5) is 5.69 Å². The lowest BCUT2D eigenvalue weighted by Crippen LogP contribution is -2.60. The number of carbonyl (C=O) groups is 2. The third kappa shape index (κ3) is 4.05. The Kier molecular flexibility index (Phi) is 5.91. The van der Waals surface area contributed by atoms with Crippen LogP contribution in [0.25, 0.3) is 10.4 Å². The number of rotatable bonds is 4. The second kappa shape index (κ2) is 7.92. The van der Waals surface area contributed by atoms with Crippen molar-refractivity contribution >= 4 is 17.6 Å². The van der Waals surface area contributed by atoms with Crippen molar-refractivity contribution in [1.82, 2.24) is 0 Å². The van der Waals surface area contributed by atoms with Gasteiger partial charge in [0.15, 0.2) is 12.3 Å². The topological polar surface area (TPSA) is 174 Å². The van der Waals surface area contributed by atoms with E-state index < -0.39 is 42.5 Å². The zero-order valence-corrected chi connectivity index (χ0v) is 13.0. The van der Waals surface area contributed by atoms with Gasteiger partial charge in [0.1, 0.15) is 18.3 Å². The molecular formula is C14H16N4O7. The molecule has 5 atom stereocenters. The standard InChI is InChI=1S/C14H16N4O7/c1-24-14(23)6-2-4-7(5-3-6)16-12(22)11-9(20)8(19)10(21)13(25-11)17-18-15/h2-5,8-11,13,19-21H,1H3,(H,16,22)/t8-,9-,10+,11-,13+/m0/s1. The molecule has 0 radical (unpaired) electrons. The van der Waals surface area contributed by atoms with Gasteiger partial charge in [-0.3, -0.25) is 4.79 Å². The van der Waals surface area contributed by atoms with Crippen LogP contribution in [0.2, 0.25) is 0 Å². The number of nitrogens with one attached hydrogen (secondary N) is 1. The third-order valence-corrected chi connectivity index (χ3v) is 3.59. The van der Waals surface area contributed by atoms with Gasteiger partial charge in [-0.25, -0.2) is 4.79 Å². The van der Waals surface area contributed by atoms with Crippen molar-refractivity contribution in [2.24, 2.45) is 5.11 Å². The smallest absolute Gasteiger partial charge is 0.337 e. The normalized spacial score (nSPS) is 28.6. The molecule has 0 spiro atoms. The van der Waals surface area contributed by atoms with E-state index in [0.717, 1.165) is 0 Å². The van der Waals surface area contributed by atoms with Gasteiger partial charge < -0.3 is 30.1 Å². The molecule has 11 heteroatoms. The highest BCUT2D eigenvalue weighted by molar-refractivity contribution is 5.95. The number of aliphatic hydroxyl groups is 3. The lowest BCUT2D eigenvalue weighted by Gasteiger charge is -2.37. The number of hydrogen-bond acceptors (Lipinski definition) is 8. The summed E-state index contributed by atoms with van der Waals surface area (Å²) in [4.78, 5) is 26.0. The molecule has 1 heterocycles. The summed E-state index contributed by atoms with van der Waals surface area (Å²) in [5.41, 5.74) is 8.99. The summed E-state index contributed by atoms with van der Waals surface area (Å²) in [5.74, 6) is -1.37. The van der Waals surface area contributed by atoms with E-state index in [1.165, 1.54) is 31.4 Å². The average molecular weight is 352 g/mol. The summed E-state index contributed by atoms with van der Waals surface area (Å²) >= 11 is 0. The second-order valence-corrected chi connectivity index (χ2v) is 5.18. The lowest BCUT2D eigenvalue weighted by molar-refractivity contribution is -0.216. The van der Waals surface area contributed by atoms with E-state index in [2.05, 4.69) is 20.1 Å². The van der Waals surface area contributed by atoms with Crippen LogP contribution in [-0.2, 0) is 14.3 Å². The van der Waals surface area contributed by atoms with E-state index in [1.54, 1.807) is 0 Å². The van der Waals surface area contributed by atoms with Crippen molar-refractivity contribution in [3.8, 4) is 0 Å². The van der Waals surface area contributed by atoms with Gasteiger partial charge in [-0.15, -0.1) is 0 Å². The summed E-state index contributed by atoms with van der Waals surface area (Å²) in [7, 11) is 1.24.